The van der Waals surface area contributed by atoms with Crippen LogP contribution < -0.4 is 0 Å². The molecule has 1 atom stereocenters. The number of hydrogen-bond donors (Lipinski definition) is 1. The summed E-state index contributed by atoms with van der Waals surface area (Å²) in [6.07, 6.45) is 0. The molecule has 0 fully saturated rings. The third-order valence-corrected chi connectivity index (χ3v) is 4.04. The van der Waals surface area contributed by atoms with Gasteiger partial charge in [0.1, 0.15) is 24.3 Å². The van der Waals surface area contributed by atoms with Crippen LogP contribution in [0.5, 0.6) is 5.75 Å². The summed E-state index contributed by atoms with van der Waals surface area (Å²) >= 11 is 6.28. The van der Waals surface area contributed by atoms with Crippen LogP contribution in [0.4, 0.5) is 0 Å². The van der Waals surface area contributed by atoms with Crippen molar-refractivity contribution in [3.63, 3.8) is 0 Å². The van der Waals surface area contributed by atoms with Crippen molar-refractivity contribution in [1.29, 1.82) is 0 Å². The molecule has 0 aliphatic carbocycles. The Morgan fingerprint density at radius 3 is 2.64 bits per heavy atom. The van der Waals surface area contributed by atoms with E-state index in [-0.39, 0.29) is 11.8 Å². The van der Waals surface area contributed by atoms with Crippen LogP contribution in [0.2, 0.25) is 5.02 Å². The second-order valence-corrected chi connectivity index (χ2v) is 5.53. The van der Waals surface area contributed by atoms with E-state index >= 15 is 0 Å². The second-order valence-electron chi connectivity index (χ2n) is 5.12. The van der Waals surface area contributed by atoms with Gasteiger partial charge in [0.15, 0.2) is 0 Å². The SMILES string of the molecule is C=O.CCN(C)CC1=C(C)ON(C)C1c1c(O)cccc1Cl. The summed E-state index contributed by atoms with van der Waals surface area (Å²) in [5.74, 6) is 1.07. The van der Waals surface area contributed by atoms with Crippen LogP contribution in [-0.4, -0.2) is 49.0 Å². The van der Waals surface area contributed by atoms with Gasteiger partial charge in [-0.1, -0.05) is 24.6 Å². The van der Waals surface area contributed by atoms with Gasteiger partial charge in [0.2, 0.25) is 0 Å². The maximum atomic E-state index is 10.2. The first-order valence-corrected chi connectivity index (χ1v) is 7.38. The Kier molecular flexibility index (Phi) is 6.87. The molecule has 1 aromatic rings. The lowest BCUT2D eigenvalue weighted by Crippen LogP contribution is -2.26. The largest absolute Gasteiger partial charge is 0.508 e. The Morgan fingerprint density at radius 2 is 2.09 bits per heavy atom. The zero-order chi connectivity index (χ0) is 16.9. The van der Waals surface area contributed by atoms with Crippen molar-refractivity contribution in [1.82, 2.24) is 9.96 Å². The number of benzene rings is 1. The normalized spacial score (nSPS) is 18.2. The number of rotatable bonds is 4. The van der Waals surface area contributed by atoms with Gasteiger partial charge < -0.3 is 19.6 Å². The van der Waals surface area contributed by atoms with E-state index in [1.165, 1.54) is 0 Å². The summed E-state index contributed by atoms with van der Waals surface area (Å²) in [4.78, 5) is 15.9. The molecule has 0 bridgehead atoms. The number of carbonyl (C=O) groups excluding carboxylic acids is 1. The molecular formula is C16H23ClN2O3. The highest BCUT2D eigenvalue weighted by atomic mass is 35.5. The molecule has 1 aromatic carbocycles. The van der Waals surface area contributed by atoms with Gasteiger partial charge in [-0.05, 0) is 32.6 Å². The first-order chi connectivity index (χ1) is 10.5. The number of aromatic hydroxyl groups is 1. The maximum absolute atomic E-state index is 10.2. The van der Waals surface area contributed by atoms with Gasteiger partial charge in [-0.15, -0.1) is 5.06 Å². The van der Waals surface area contributed by atoms with Crippen LogP contribution in [0.25, 0.3) is 0 Å². The smallest absolute Gasteiger partial charge is 0.124 e. The van der Waals surface area contributed by atoms with Crippen molar-refractivity contribution >= 4 is 18.4 Å². The fourth-order valence-electron chi connectivity index (χ4n) is 2.49. The summed E-state index contributed by atoms with van der Waals surface area (Å²) in [6.45, 7) is 7.78. The van der Waals surface area contributed by atoms with Crippen LogP contribution in [0.3, 0.4) is 0 Å². The van der Waals surface area contributed by atoms with E-state index < -0.39 is 0 Å². The molecule has 1 heterocycles. The van der Waals surface area contributed by atoms with Crippen molar-refractivity contribution in [3.8, 4) is 5.75 Å². The number of hydroxylamine groups is 2. The summed E-state index contributed by atoms with van der Waals surface area (Å²) < 4.78 is 0. The van der Waals surface area contributed by atoms with Crippen LogP contribution in [0.15, 0.2) is 29.5 Å². The Bertz CT molecular complexity index is 528. The maximum Gasteiger partial charge on any atom is 0.124 e. The van der Waals surface area contributed by atoms with Crippen molar-refractivity contribution in [2.75, 3.05) is 27.2 Å². The fraction of sp³-hybridized carbons (Fsp3) is 0.438. The zero-order valence-electron chi connectivity index (χ0n) is 13.5. The van der Waals surface area contributed by atoms with Gasteiger partial charge in [-0.2, -0.15) is 0 Å². The molecule has 122 valence electrons. The van der Waals surface area contributed by atoms with Crippen LogP contribution >= 0.6 is 11.6 Å². The Morgan fingerprint density at radius 1 is 1.45 bits per heavy atom. The standard InChI is InChI=1S/C15H21ClN2O2.CH2O/c1-5-17(3)9-11-10(2)20-18(4)15(11)14-12(16)7-6-8-13(14)19;1-2/h6-8,15,19H,5,9H2,1-4H3;1H2. The minimum Gasteiger partial charge on any atom is -0.508 e. The lowest BCUT2D eigenvalue weighted by molar-refractivity contribution is -0.0980. The molecule has 1 N–H and O–H groups in total. The van der Waals surface area contributed by atoms with Gasteiger partial charge in [0, 0.05) is 29.8 Å². The number of likely N-dealkylation sites (N-methyl/N-ethyl adjacent to an activating group) is 2. The molecule has 1 unspecified atom stereocenters. The topological polar surface area (TPSA) is 53.0 Å². The molecule has 2 rings (SSSR count). The molecule has 22 heavy (non-hydrogen) atoms. The van der Waals surface area contributed by atoms with E-state index in [4.69, 9.17) is 21.2 Å². The number of nitrogens with zero attached hydrogens (tertiary/aromatic N) is 2. The first-order valence-electron chi connectivity index (χ1n) is 7.01. The third kappa shape index (κ3) is 3.80. The van der Waals surface area contributed by atoms with Crippen molar-refractivity contribution in [3.05, 3.63) is 40.1 Å². The molecule has 1 aliphatic heterocycles. The fourth-order valence-corrected chi connectivity index (χ4v) is 2.76. The second kappa shape index (κ2) is 8.17. The van der Waals surface area contributed by atoms with Crippen molar-refractivity contribution in [2.24, 2.45) is 0 Å². The quantitative estimate of drug-likeness (QED) is 0.921. The zero-order valence-corrected chi connectivity index (χ0v) is 14.2. The number of phenolic OH excluding ortho intramolecular Hbond substituents is 1. The number of phenols is 1. The van der Waals surface area contributed by atoms with E-state index in [0.717, 1.165) is 24.4 Å². The highest BCUT2D eigenvalue weighted by molar-refractivity contribution is 6.31. The van der Waals surface area contributed by atoms with Crippen LogP contribution in [0.1, 0.15) is 25.5 Å². The predicted octanol–water partition coefficient (Wildman–Crippen LogP) is 3.00. The van der Waals surface area contributed by atoms with Crippen molar-refractivity contribution in [2.45, 2.75) is 19.9 Å². The molecule has 0 amide bonds. The minimum atomic E-state index is -0.155. The molecule has 6 heteroatoms. The Labute approximate surface area is 136 Å². The molecule has 0 aromatic heterocycles. The molecule has 0 saturated carbocycles. The van der Waals surface area contributed by atoms with E-state index in [9.17, 15) is 5.11 Å². The molecule has 5 nitrogen and oxygen atoms in total. The van der Waals surface area contributed by atoms with Gasteiger partial charge >= 0.3 is 0 Å². The van der Waals surface area contributed by atoms with Gasteiger partial charge in [-0.25, -0.2) is 0 Å². The van der Waals surface area contributed by atoms with Gasteiger partial charge in [0.25, 0.3) is 0 Å². The average molecular weight is 327 g/mol. The van der Waals surface area contributed by atoms with Crippen molar-refractivity contribution < 1.29 is 14.7 Å². The van der Waals surface area contributed by atoms with Crippen LogP contribution in [-0.2, 0) is 9.63 Å². The number of allylic oxidation sites excluding steroid dienone is 1. The number of halogens is 1. The lowest BCUT2D eigenvalue weighted by atomic mass is 9.97. The summed E-state index contributed by atoms with van der Waals surface area (Å²) in [5.41, 5.74) is 1.83. The summed E-state index contributed by atoms with van der Waals surface area (Å²) in [7, 11) is 3.91. The number of hydrogen-bond acceptors (Lipinski definition) is 5. The highest BCUT2D eigenvalue weighted by Crippen LogP contribution is 2.43. The lowest BCUT2D eigenvalue weighted by Gasteiger charge is -2.24. The summed E-state index contributed by atoms with van der Waals surface area (Å²) in [6, 6.07) is 5.03. The van der Waals surface area contributed by atoms with Gasteiger partial charge in [0.05, 0.1) is 0 Å². The highest BCUT2D eigenvalue weighted by Gasteiger charge is 2.35. The Hall–Kier alpha value is -1.56. The number of carbonyl (C=O) groups is 1. The minimum absolute atomic E-state index is 0.155. The summed E-state index contributed by atoms with van der Waals surface area (Å²) in [5, 5.41) is 12.5. The van der Waals surface area contributed by atoms with E-state index in [2.05, 4.69) is 18.9 Å². The molecule has 0 radical (unpaired) electrons. The molecule has 0 saturated heterocycles. The van der Waals surface area contributed by atoms with Gasteiger partial charge in [-0.3, -0.25) is 0 Å². The van der Waals surface area contributed by atoms with E-state index in [0.29, 0.717) is 10.6 Å². The predicted molar refractivity (Wildman–Crippen MR) is 87.7 cm³/mol. The third-order valence-electron chi connectivity index (χ3n) is 3.71. The molecule has 1 aliphatic rings. The Balaban J connectivity index is 0.00000116. The molecular weight excluding hydrogens is 304 g/mol. The van der Waals surface area contributed by atoms with Crippen LogP contribution in [0, 0.1) is 0 Å². The van der Waals surface area contributed by atoms with E-state index in [1.807, 2.05) is 20.8 Å². The monoisotopic (exact) mass is 326 g/mol. The van der Waals surface area contributed by atoms with E-state index in [1.54, 1.807) is 23.3 Å². The molecule has 0 spiro atoms. The first kappa shape index (κ1) is 18.5. The average Bonchev–Trinajstić information content (AvgIpc) is 2.76.